The molecule has 0 aromatic heterocycles. The van der Waals surface area contributed by atoms with Gasteiger partial charge in [0.25, 0.3) is 0 Å². The van der Waals surface area contributed by atoms with E-state index in [-0.39, 0.29) is 5.41 Å². The van der Waals surface area contributed by atoms with Gasteiger partial charge in [0.05, 0.1) is 5.69 Å². The average Bonchev–Trinajstić information content (AvgIpc) is 3.41. The van der Waals surface area contributed by atoms with E-state index in [9.17, 15) is 0 Å². The monoisotopic (exact) mass is 639 g/mol. The number of para-hydroxylation sites is 1. The number of fused-ring (bicyclic) bond motifs is 4. The fraction of sp³-hybridized carbons (Fsp3) is 0.0612. The van der Waals surface area contributed by atoms with Crippen LogP contribution >= 0.6 is 0 Å². The topological polar surface area (TPSA) is 3.24 Å². The van der Waals surface area contributed by atoms with Gasteiger partial charge in [0.15, 0.2) is 0 Å². The number of anilines is 3. The van der Waals surface area contributed by atoms with Crippen molar-refractivity contribution in [1.82, 2.24) is 0 Å². The Labute approximate surface area is 294 Å². The van der Waals surface area contributed by atoms with E-state index in [4.69, 9.17) is 0 Å². The SMILES string of the molecule is CC1(C)c2cc(N(c3ccccc3)c3ccc4ccccc4c3-c3ccccc3-c3ccccc3)ccc2-c2c(-c3ccccc3)cccc21. The Morgan fingerprint density at radius 1 is 0.380 bits per heavy atom. The van der Waals surface area contributed by atoms with Crippen LogP contribution < -0.4 is 4.90 Å². The molecule has 0 saturated heterocycles. The highest BCUT2D eigenvalue weighted by Crippen LogP contribution is 2.54. The van der Waals surface area contributed by atoms with Crippen LogP contribution in [0.4, 0.5) is 17.1 Å². The quantitative estimate of drug-likeness (QED) is 0.175. The second kappa shape index (κ2) is 12.1. The van der Waals surface area contributed by atoms with Crippen molar-refractivity contribution in [3.63, 3.8) is 0 Å². The first-order chi connectivity index (χ1) is 24.6. The number of nitrogens with zero attached hydrogens (tertiary/aromatic N) is 1. The molecule has 0 amide bonds. The first kappa shape index (κ1) is 29.9. The molecule has 0 saturated carbocycles. The van der Waals surface area contributed by atoms with Gasteiger partial charge in [0, 0.05) is 22.4 Å². The van der Waals surface area contributed by atoms with Gasteiger partial charge < -0.3 is 4.90 Å². The number of hydrogen-bond donors (Lipinski definition) is 0. The maximum atomic E-state index is 2.46. The summed E-state index contributed by atoms with van der Waals surface area (Å²) in [5, 5.41) is 2.46. The predicted molar refractivity (Wildman–Crippen MR) is 213 cm³/mol. The van der Waals surface area contributed by atoms with Crippen LogP contribution in [0.5, 0.6) is 0 Å². The van der Waals surface area contributed by atoms with Gasteiger partial charge in [-0.1, -0.05) is 172 Å². The summed E-state index contributed by atoms with van der Waals surface area (Å²) in [5.41, 5.74) is 16.0. The molecule has 50 heavy (non-hydrogen) atoms. The molecule has 0 heterocycles. The number of hydrogen-bond acceptors (Lipinski definition) is 1. The first-order valence-electron chi connectivity index (χ1n) is 17.5. The predicted octanol–water partition coefficient (Wildman–Crippen LogP) is 13.6. The molecular formula is C49H37N. The minimum Gasteiger partial charge on any atom is -0.310 e. The molecular weight excluding hydrogens is 603 g/mol. The van der Waals surface area contributed by atoms with E-state index in [0.29, 0.717) is 0 Å². The van der Waals surface area contributed by atoms with Crippen LogP contribution in [0.15, 0.2) is 188 Å². The molecule has 0 radical (unpaired) electrons. The van der Waals surface area contributed by atoms with Crippen molar-refractivity contribution in [2.45, 2.75) is 19.3 Å². The molecule has 1 nitrogen and oxygen atoms in total. The lowest BCUT2D eigenvalue weighted by Crippen LogP contribution is -2.17. The zero-order valence-electron chi connectivity index (χ0n) is 28.3. The van der Waals surface area contributed by atoms with Crippen LogP contribution in [-0.4, -0.2) is 0 Å². The van der Waals surface area contributed by atoms with Crippen LogP contribution in [-0.2, 0) is 5.41 Å². The van der Waals surface area contributed by atoms with Crippen LogP contribution in [0.2, 0.25) is 0 Å². The van der Waals surface area contributed by atoms with Crippen LogP contribution in [0, 0.1) is 0 Å². The highest BCUT2D eigenvalue weighted by atomic mass is 15.1. The minimum absolute atomic E-state index is 0.167. The van der Waals surface area contributed by atoms with Gasteiger partial charge in [-0.3, -0.25) is 0 Å². The van der Waals surface area contributed by atoms with Crippen molar-refractivity contribution < 1.29 is 0 Å². The Morgan fingerprint density at radius 3 is 1.72 bits per heavy atom. The summed E-state index contributed by atoms with van der Waals surface area (Å²) in [6.07, 6.45) is 0. The van der Waals surface area contributed by atoms with E-state index < -0.39 is 0 Å². The van der Waals surface area contributed by atoms with E-state index in [1.54, 1.807) is 0 Å². The van der Waals surface area contributed by atoms with Gasteiger partial charge in [-0.15, -0.1) is 0 Å². The Morgan fingerprint density at radius 2 is 0.980 bits per heavy atom. The standard InChI is InChI=1S/C49H37N/c1-49(2)44-28-16-27-40(35-19-8-4-9-20-35)47(44)43-31-30-38(33-45(43)49)50(37-22-10-5-11-23-37)46-32-29-36-21-12-13-25-41(36)48(46)42-26-15-14-24-39(42)34-17-6-3-7-18-34/h3-33H,1-2H3. The van der Waals surface area contributed by atoms with E-state index in [1.165, 1.54) is 66.4 Å². The normalized spacial score (nSPS) is 12.8. The summed E-state index contributed by atoms with van der Waals surface area (Å²) in [7, 11) is 0. The molecule has 0 atom stereocenters. The third-order valence-corrected chi connectivity index (χ3v) is 10.5. The molecule has 0 fully saturated rings. The summed E-state index contributed by atoms with van der Waals surface area (Å²) in [4.78, 5) is 2.46. The summed E-state index contributed by atoms with van der Waals surface area (Å²) in [5.74, 6) is 0. The Bertz CT molecular complexity index is 2490. The lowest BCUT2D eigenvalue weighted by atomic mass is 9.81. The Hall–Kier alpha value is -6.18. The molecule has 8 aromatic rings. The van der Waals surface area contributed by atoms with Crippen LogP contribution in [0.1, 0.15) is 25.0 Å². The molecule has 0 unspecified atom stereocenters. The van der Waals surface area contributed by atoms with Crippen molar-refractivity contribution in [3.8, 4) is 44.5 Å². The summed E-state index contributed by atoms with van der Waals surface area (Å²) in [6, 6.07) is 68.5. The molecule has 1 aliphatic rings. The fourth-order valence-corrected chi connectivity index (χ4v) is 8.08. The Balaban J connectivity index is 1.30. The van der Waals surface area contributed by atoms with Gasteiger partial charge in [-0.25, -0.2) is 0 Å². The molecule has 0 spiro atoms. The smallest absolute Gasteiger partial charge is 0.0546 e. The second-order valence-corrected chi connectivity index (χ2v) is 13.7. The van der Waals surface area contributed by atoms with E-state index in [0.717, 1.165) is 17.1 Å². The summed E-state index contributed by atoms with van der Waals surface area (Å²) >= 11 is 0. The molecule has 9 rings (SSSR count). The Kier molecular flexibility index (Phi) is 7.21. The van der Waals surface area contributed by atoms with Gasteiger partial charge in [-0.2, -0.15) is 0 Å². The average molecular weight is 640 g/mol. The first-order valence-corrected chi connectivity index (χ1v) is 17.5. The summed E-state index contributed by atoms with van der Waals surface area (Å²) < 4.78 is 0. The van der Waals surface area contributed by atoms with E-state index >= 15 is 0 Å². The summed E-state index contributed by atoms with van der Waals surface area (Å²) in [6.45, 7) is 4.75. The minimum atomic E-state index is -0.167. The molecule has 0 N–H and O–H groups in total. The highest BCUT2D eigenvalue weighted by Gasteiger charge is 2.37. The number of benzene rings is 8. The van der Waals surface area contributed by atoms with Crippen molar-refractivity contribution in [2.75, 3.05) is 4.90 Å². The third kappa shape index (κ3) is 4.85. The number of rotatable bonds is 6. The maximum Gasteiger partial charge on any atom is 0.0546 e. The zero-order valence-corrected chi connectivity index (χ0v) is 28.3. The lowest BCUT2D eigenvalue weighted by Gasteiger charge is -2.31. The largest absolute Gasteiger partial charge is 0.310 e. The molecule has 1 aliphatic carbocycles. The van der Waals surface area contributed by atoms with Gasteiger partial charge in [0.1, 0.15) is 0 Å². The molecule has 0 bridgehead atoms. The van der Waals surface area contributed by atoms with Crippen LogP contribution in [0.25, 0.3) is 55.3 Å². The molecule has 0 aliphatic heterocycles. The van der Waals surface area contributed by atoms with Gasteiger partial charge in [-0.05, 0) is 91.2 Å². The van der Waals surface area contributed by atoms with E-state index in [1.807, 2.05) is 0 Å². The lowest BCUT2D eigenvalue weighted by molar-refractivity contribution is 0.660. The van der Waals surface area contributed by atoms with Crippen molar-refractivity contribution in [3.05, 3.63) is 199 Å². The molecule has 238 valence electrons. The highest BCUT2D eigenvalue weighted by molar-refractivity contribution is 6.08. The van der Waals surface area contributed by atoms with Crippen molar-refractivity contribution >= 4 is 27.8 Å². The third-order valence-electron chi connectivity index (χ3n) is 10.5. The van der Waals surface area contributed by atoms with Crippen molar-refractivity contribution in [2.24, 2.45) is 0 Å². The van der Waals surface area contributed by atoms with Crippen LogP contribution in [0.3, 0.4) is 0 Å². The zero-order chi connectivity index (χ0) is 33.7. The fourth-order valence-electron chi connectivity index (χ4n) is 8.08. The maximum absolute atomic E-state index is 2.46. The van der Waals surface area contributed by atoms with E-state index in [2.05, 4.69) is 207 Å². The van der Waals surface area contributed by atoms with Gasteiger partial charge in [0.2, 0.25) is 0 Å². The molecule has 1 heteroatoms. The van der Waals surface area contributed by atoms with Gasteiger partial charge >= 0.3 is 0 Å². The van der Waals surface area contributed by atoms with Crippen molar-refractivity contribution in [1.29, 1.82) is 0 Å². The molecule has 8 aromatic carbocycles. The second-order valence-electron chi connectivity index (χ2n) is 13.7.